The number of alkyl halides is 1. The Morgan fingerprint density at radius 1 is 1.14 bits per heavy atom. The van der Waals surface area contributed by atoms with Crippen molar-refractivity contribution in [2.75, 3.05) is 0 Å². The minimum absolute atomic E-state index is 0.142. The largest absolute Gasteiger partial charge is 0.114 e. The van der Waals surface area contributed by atoms with Gasteiger partial charge in [0.1, 0.15) is 0 Å². The minimum Gasteiger partial charge on any atom is -0.114 e. The summed E-state index contributed by atoms with van der Waals surface area (Å²) in [4.78, 5) is -0.142. The van der Waals surface area contributed by atoms with Gasteiger partial charge in [-0.15, -0.1) is 11.6 Å². The van der Waals surface area contributed by atoms with Crippen LogP contribution in [0.5, 0.6) is 0 Å². The van der Waals surface area contributed by atoms with Crippen LogP contribution in [0.2, 0.25) is 0 Å². The van der Waals surface area contributed by atoms with Gasteiger partial charge in [-0.3, -0.25) is 0 Å². The Morgan fingerprint density at radius 2 is 1.79 bits per heavy atom. The van der Waals surface area contributed by atoms with E-state index in [1.165, 1.54) is 18.4 Å². The summed E-state index contributed by atoms with van der Waals surface area (Å²) < 4.78 is 0. The molecule has 14 heavy (non-hydrogen) atoms. The maximum Gasteiger partial charge on any atom is 0.0692 e. The number of hydrogen-bond acceptors (Lipinski definition) is 0. The van der Waals surface area contributed by atoms with E-state index in [0.717, 1.165) is 12.8 Å². The fourth-order valence-corrected chi connectivity index (χ4v) is 1.98. The van der Waals surface area contributed by atoms with Gasteiger partial charge in [-0.2, -0.15) is 0 Å². The van der Waals surface area contributed by atoms with Gasteiger partial charge in [0.2, 0.25) is 0 Å². The molecule has 0 saturated heterocycles. The third-order valence-electron chi connectivity index (χ3n) is 2.78. The molecule has 1 unspecified atom stereocenters. The van der Waals surface area contributed by atoms with Gasteiger partial charge in [0, 0.05) is 0 Å². The number of unbranched alkanes of at least 4 members (excludes halogenated alkanes) is 1. The topological polar surface area (TPSA) is 0 Å². The lowest BCUT2D eigenvalue weighted by Crippen LogP contribution is -2.17. The van der Waals surface area contributed by atoms with Crippen LogP contribution >= 0.6 is 11.6 Å². The molecule has 78 valence electrons. The van der Waals surface area contributed by atoms with Crippen LogP contribution in [0, 0.1) is 0 Å². The summed E-state index contributed by atoms with van der Waals surface area (Å²) in [6, 6.07) is 10.4. The highest BCUT2D eigenvalue weighted by Gasteiger charge is 2.25. The van der Waals surface area contributed by atoms with Gasteiger partial charge >= 0.3 is 0 Å². The molecule has 0 aliphatic carbocycles. The highest BCUT2D eigenvalue weighted by atomic mass is 35.5. The maximum absolute atomic E-state index is 6.63. The van der Waals surface area contributed by atoms with Crippen molar-refractivity contribution >= 4 is 11.6 Å². The summed E-state index contributed by atoms with van der Waals surface area (Å²) in [5, 5.41) is 0. The average Bonchev–Trinajstić information content (AvgIpc) is 2.27. The van der Waals surface area contributed by atoms with Gasteiger partial charge in [0.15, 0.2) is 0 Å². The van der Waals surface area contributed by atoms with Crippen molar-refractivity contribution < 1.29 is 0 Å². The van der Waals surface area contributed by atoms with E-state index in [2.05, 4.69) is 38.1 Å². The summed E-state index contributed by atoms with van der Waals surface area (Å²) >= 11 is 6.63. The van der Waals surface area contributed by atoms with E-state index < -0.39 is 0 Å². The molecule has 1 aromatic carbocycles. The quantitative estimate of drug-likeness (QED) is 0.617. The molecular formula is C13H19Cl. The van der Waals surface area contributed by atoms with Crippen molar-refractivity contribution in [1.29, 1.82) is 0 Å². The molecule has 0 aliphatic rings. The summed E-state index contributed by atoms with van der Waals surface area (Å²) in [6.45, 7) is 4.37. The van der Waals surface area contributed by atoms with Crippen LogP contribution in [-0.2, 0) is 4.87 Å². The zero-order chi connectivity index (χ0) is 10.4. The molecule has 0 aliphatic heterocycles. The van der Waals surface area contributed by atoms with Gasteiger partial charge in [-0.25, -0.2) is 0 Å². The molecule has 0 bridgehead atoms. The van der Waals surface area contributed by atoms with Crippen LogP contribution in [-0.4, -0.2) is 0 Å². The number of halogens is 1. The smallest absolute Gasteiger partial charge is 0.0692 e. The maximum atomic E-state index is 6.63. The first-order chi connectivity index (χ1) is 6.73. The van der Waals surface area contributed by atoms with Gasteiger partial charge in [-0.05, 0) is 18.4 Å². The van der Waals surface area contributed by atoms with Gasteiger partial charge in [-0.1, -0.05) is 57.0 Å². The molecule has 0 N–H and O–H groups in total. The highest BCUT2D eigenvalue weighted by molar-refractivity contribution is 6.24. The van der Waals surface area contributed by atoms with E-state index in [9.17, 15) is 0 Å². The van der Waals surface area contributed by atoms with Crippen molar-refractivity contribution in [2.24, 2.45) is 0 Å². The normalized spacial score (nSPS) is 15.1. The molecule has 0 spiro atoms. The van der Waals surface area contributed by atoms with E-state index in [-0.39, 0.29) is 4.87 Å². The van der Waals surface area contributed by atoms with Crippen LogP contribution in [0.15, 0.2) is 30.3 Å². The predicted octanol–water partition coefficient (Wildman–Crippen LogP) is 4.72. The van der Waals surface area contributed by atoms with Crippen LogP contribution < -0.4 is 0 Å². The third kappa shape index (κ3) is 2.75. The Hall–Kier alpha value is -0.490. The third-order valence-corrected chi connectivity index (χ3v) is 3.45. The predicted molar refractivity (Wildman–Crippen MR) is 63.8 cm³/mol. The molecular weight excluding hydrogens is 192 g/mol. The Kier molecular flexibility index (Phi) is 4.47. The Balaban J connectivity index is 2.79. The minimum atomic E-state index is -0.142. The van der Waals surface area contributed by atoms with Crippen molar-refractivity contribution in [3.05, 3.63) is 35.9 Å². The Labute approximate surface area is 92.3 Å². The number of rotatable bonds is 5. The molecule has 0 radical (unpaired) electrons. The fourth-order valence-electron chi connectivity index (χ4n) is 1.72. The molecule has 0 heterocycles. The fraction of sp³-hybridized carbons (Fsp3) is 0.538. The molecule has 0 nitrogen and oxygen atoms in total. The molecule has 1 atom stereocenters. The van der Waals surface area contributed by atoms with Crippen LogP contribution in [0.4, 0.5) is 0 Å². The molecule has 0 aromatic heterocycles. The molecule has 1 aromatic rings. The molecule has 1 rings (SSSR count). The second kappa shape index (κ2) is 5.41. The Bertz CT molecular complexity index is 255. The van der Waals surface area contributed by atoms with Crippen LogP contribution in [0.3, 0.4) is 0 Å². The summed E-state index contributed by atoms with van der Waals surface area (Å²) in [5.41, 5.74) is 1.26. The SMILES string of the molecule is CCCCC(Cl)(CC)c1ccccc1. The first-order valence-electron chi connectivity index (χ1n) is 5.47. The van der Waals surface area contributed by atoms with Gasteiger partial charge in [0.25, 0.3) is 0 Å². The van der Waals surface area contributed by atoms with Crippen molar-refractivity contribution in [2.45, 2.75) is 44.4 Å². The first-order valence-corrected chi connectivity index (χ1v) is 5.85. The zero-order valence-corrected chi connectivity index (χ0v) is 9.85. The number of hydrogen-bond donors (Lipinski definition) is 0. The van der Waals surface area contributed by atoms with Crippen molar-refractivity contribution in [3.8, 4) is 0 Å². The van der Waals surface area contributed by atoms with E-state index >= 15 is 0 Å². The summed E-state index contributed by atoms with van der Waals surface area (Å²) in [5.74, 6) is 0. The molecule has 1 heteroatoms. The lowest BCUT2D eigenvalue weighted by atomic mass is 9.90. The van der Waals surface area contributed by atoms with Crippen molar-refractivity contribution in [1.82, 2.24) is 0 Å². The van der Waals surface area contributed by atoms with Crippen LogP contribution in [0.25, 0.3) is 0 Å². The first kappa shape index (κ1) is 11.6. The van der Waals surface area contributed by atoms with E-state index in [4.69, 9.17) is 11.6 Å². The summed E-state index contributed by atoms with van der Waals surface area (Å²) in [6.07, 6.45) is 4.48. The Morgan fingerprint density at radius 3 is 2.29 bits per heavy atom. The van der Waals surface area contributed by atoms with Gasteiger partial charge < -0.3 is 0 Å². The standard InChI is InChI=1S/C13H19Cl/c1-3-5-11-13(14,4-2)12-9-7-6-8-10-12/h6-10H,3-5,11H2,1-2H3. The second-order valence-corrected chi connectivity index (χ2v) is 4.51. The van der Waals surface area contributed by atoms with E-state index in [0.29, 0.717) is 0 Å². The molecule has 0 fully saturated rings. The monoisotopic (exact) mass is 210 g/mol. The number of benzene rings is 1. The molecule has 0 saturated carbocycles. The highest BCUT2D eigenvalue weighted by Crippen LogP contribution is 2.37. The van der Waals surface area contributed by atoms with E-state index in [1.807, 2.05) is 6.07 Å². The average molecular weight is 211 g/mol. The van der Waals surface area contributed by atoms with Crippen LogP contribution in [0.1, 0.15) is 45.1 Å². The van der Waals surface area contributed by atoms with Gasteiger partial charge in [0.05, 0.1) is 4.87 Å². The summed E-state index contributed by atoms with van der Waals surface area (Å²) in [7, 11) is 0. The molecule has 0 amide bonds. The van der Waals surface area contributed by atoms with Crippen molar-refractivity contribution in [3.63, 3.8) is 0 Å². The lowest BCUT2D eigenvalue weighted by molar-refractivity contribution is 0.510. The van der Waals surface area contributed by atoms with E-state index in [1.54, 1.807) is 0 Å². The lowest BCUT2D eigenvalue weighted by Gasteiger charge is -2.26. The second-order valence-electron chi connectivity index (χ2n) is 3.79. The zero-order valence-electron chi connectivity index (χ0n) is 9.09.